The average molecular weight is 791 g/mol. The number of hydrogen-bond acceptors (Lipinski definition) is 4. The predicted molar refractivity (Wildman–Crippen MR) is 252 cm³/mol. The molecule has 6 heteroatoms. The third-order valence-corrected chi connectivity index (χ3v) is 12.0. The number of hydrogen-bond donors (Lipinski definition) is 0. The van der Waals surface area contributed by atoms with Crippen molar-refractivity contribution in [2.45, 2.75) is 0 Å². The summed E-state index contributed by atoms with van der Waals surface area (Å²) in [6.45, 7) is 0. The summed E-state index contributed by atoms with van der Waals surface area (Å²) < 4.78 is 4.75. The van der Waals surface area contributed by atoms with E-state index in [9.17, 15) is 5.26 Å². The van der Waals surface area contributed by atoms with Gasteiger partial charge in [-0.25, -0.2) is 15.0 Å². The van der Waals surface area contributed by atoms with Crippen LogP contribution in [0.5, 0.6) is 0 Å². The zero-order valence-corrected chi connectivity index (χ0v) is 33.3. The minimum absolute atomic E-state index is 0.429. The Balaban J connectivity index is 1.11. The van der Waals surface area contributed by atoms with Crippen molar-refractivity contribution in [3.63, 3.8) is 0 Å². The molecule has 0 aliphatic rings. The molecule has 0 fully saturated rings. The quantitative estimate of drug-likeness (QED) is 0.168. The smallest absolute Gasteiger partial charge is 0.165 e. The Morgan fingerprint density at radius 3 is 1.69 bits per heavy atom. The second kappa shape index (κ2) is 14.3. The molecule has 12 rings (SSSR count). The SMILES string of the molecule is N#Cc1ccc(-n2c3ccccc3c3ccc4c(c5ccccc5n4-c4cccc5ccccc45)c32)cc1-c1nc(-c2ccccc2)nc(-c2ccc(-c3ccccc3)cc2)n1. The molecule has 0 aliphatic heterocycles. The number of rotatable bonds is 6. The summed E-state index contributed by atoms with van der Waals surface area (Å²) in [4.78, 5) is 15.2. The first-order valence-electron chi connectivity index (χ1n) is 20.7. The number of nitrogens with zero attached hydrogens (tertiary/aromatic N) is 6. The zero-order chi connectivity index (χ0) is 41.1. The van der Waals surface area contributed by atoms with Crippen LogP contribution in [0.25, 0.3) is 111 Å². The van der Waals surface area contributed by atoms with Crippen LogP contribution in [0.4, 0.5) is 0 Å². The molecule has 62 heavy (non-hydrogen) atoms. The monoisotopic (exact) mass is 790 g/mol. The summed E-state index contributed by atoms with van der Waals surface area (Å²) >= 11 is 0. The fraction of sp³-hybridized carbons (Fsp3) is 0. The Hall–Kier alpha value is -8.66. The Kier molecular flexibility index (Phi) is 8.12. The Bertz CT molecular complexity index is 3740. The second-order valence-corrected chi connectivity index (χ2v) is 15.5. The van der Waals surface area contributed by atoms with Crippen LogP contribution in [0.3, 0.4) is 0 Å². The van der Waals surface area contributed by atoms with Crippen molar-refractivity contribution >= 4 is 54.4 Å². The molecule has 9 aromatic carbocycles. The average Bonchev–Trinajstić information content (AvgIpc) is 3.87. The van der Waals surface area contributed by atoms with Crippen molar-refractivity contribution in [3.05, 3.63) is 212 Å². The van der Waals surface area contributed by atoms with Crippen LogP contribution in [-0.4, -0.2) is 24.1 Å². The van der Waals surface area contributed by atoms with E-state index in [0.717, 1.165) is 77.2 Å². The minimum Gasteiger partial charge on any atom is -0.309 e. The van der Waals surface area contributed by atoms with Gasteiger partial charge in [0.1, 0.15) is 0 Å². The summed E-state index contributed by atoms with van der Waals surface area (Å²) in [6, 6.07) is 73.9. The van der Waals surface area contributed by atoms with E-state index in [2.05, 4.69) is 161 Å². The number of fused-ring (bicyclic) bond motifs is 8. The van der Waals surface area contributed by atoms with Crippen LogP contribution >= 0.6 is 0 Å². The minimum atomic E-state index is 0.429. The molecule has 0 saturated heterocycles. The first-order chi connectivity index (χ1) is 30.7. The van der Waals surface area contributed by atoms with Gasteiger partial charge in [0.05, 0.1) is 39.4 Å². The third-order valence-electron chi connectivity index (χ3n) is 12.0. The van der Waals surface area contributed by atoms with Gasteiger partial charge in [0.2, 0.25) is 0 Å². The van der Waals surface area contributed by atoms with Crippen molar-refractivity contribution < 1.29 is 0 Å². The Morgan fingerprint density at radius 2 is 0.952 bits per heavy atom. The van der Waals surface area contributed by atoms with E-state index in [1.807, 2.05) is 60.7 Å². The molecule has 0 N–H and O–H groups in total. The van der Waals surface area contributed by atoms with Gasteiger partial charge in [-0.3, -0.25) is 0 Å². The van der Waals surface area contributed by atoms with Crippen molar-refractivity contribution in [1.29, 1.82) is 5.26 Å². The van der Waals surface area contributed by atoms with Crippen molar-refractivity contribution in [3.8, 4) is 62.7 Å². The number of benzene rings is 9. The molecule has 0 bridgehead atoms. The van der Waals surface area contributed by atoms with Crippen molar-refractivity contribution in [2.75, 3.05) is 0 Å². The molecule has 12 aromatic rings. The number of nitriles is 1. The van der Waals surface area contributed by atoms with E-state index < -0.39 is 0 Å². The van der Waals surface area contributed by atoms with Gasteiger partial charge < -0.3 is 9.13 Å². The van der Waals surface area contributed by atoms with Gasteiger partial charge in [-0.2, -0.15) is 5.26 Å². The largest absolute Gasteiger partial charge is 0.309 e. The molecule has 3 aromatic heterocycles. The number of aromatic nitrogens is 5. The van der Waals surface area contributed by atoms with Gasteiger partial charge in [0, 0.05) is 49.3 Å². The van der Waals surface area contributed by atoms with Gasteiger partial charge in [-0.1, -0.05) is 164 Å². The van der Waals surface area contributed by atoms with E-state index in [1.165, 1.54) is 10.8 Å². The highest BCUT2D eigenvalue weighted by Gasteiger charge is 2.23. The van der Waals surface area contributed by atoms with Crippen LogP contribution in [-0.2, 0) is 0 Å². The highest BCUT2D eigenvalue weighted by atomic mass is 15.0. The van der Waals surface area contributed by atoms with E-state index in [-0.39, 0.29) is 0 Å². The molecule has 288 valence electrons. The standard InChI is InChI=1S/C56H34N6/c57-35-41-30-31-42(34-47(41)56-59-54(39-17-5-2-6-18-39)58-55(60-56)40-28-26-37(27-29-40)36-14-3-1-4-15-36)61-49-23-11-9-21-44(49)45-32-33-51-52(53(45)61)46-22-10-12-24-50(46)62(51)48-25-13-19-38-16-7-8-20-43(38)48/h1-34H. The predicted octanol–water partition coefficient (Wildman–Crippen LogP) is 13.8. The highest BCUT2D eigenvalue weighted by molar-refractivity contribution is 6.26. The van der Waals surface area contributed by atoms with Gasteiger partial charge in [-0.05, 0) is 59.0 Å². The van der Waals surface area contributed by atoms with E-state index in [0.29, 0.717) is 28.6 Å². The van der Waals surface area contributed by atoms with E-state index in [4.69, 9.17) is 15.0 Å². The van der Waals surface area contributed by atoms with Crippen LogP contribution in [0, 0.1) is 11.3 Å². The molecule has 0 unspecified atom stereocenters. The summed E-state index contributed by atoms with van der Waals surface area (Å²) in [7, 11) is 0. The van der Waals surface area contributed by atoms with Gasteiger partial charge in [0.15, 0.2) is 17.5 Å². The maximum absolute atomic E-state index is 10.7. The summed E-state index contributed by atoms with van der Waals surface area (Å²) in [6.07, 6.45) is 0. The fourth-order valence-corrected chi connectivity index (χ4v) is 9.18. The van der Waals surface area contributed by atoms with Crippen LogP contribution in [0.1, 0.15) is 5.56 Å². The molecule has 0 radical (unpaired) electrons. The molecule has 3 heterocycles. The lowest BCUT2D eigenvalue weighted by atomic mass is 10.0. The summed E-state index contributed by atoms with van der Waals surface area (Å²) in [5.41, 5.74) is 11.5. The first kappa shape index (κ1) is 35.3. The maximum Gasteiger partial charge on any atom is 0.165 e. The molecule has 0 aliphatic carbocycles. The maximum atomic E-state index is 10.7. The Labute approximate surface area is 356 Å². The van der Waals surface area contributed by atoms with Gasteiger partial charge >= 0.3 is 0 Å². The molecule has 0 amide bonds. The lowest BCUT2D eigenvalue weighted by Crippen LogP contribution is -2.02. The molecular weight excluding hydrogens is 757 g/mol. The molecule has 0 spiro atoms. The third kappa shape index (κ3) is 5.61. The molecule has 0 saturated carbocycles. The van der Waals surface area contributed by atoms with Gasteiger partial charge in [0.25, 0.3) is 0 Å². The van der Waals surface area contributed by atoms with Crippen LogP contribution < -0.4 is 0 Å². The van der Waals surface area contributed by atoms with Gasteiger partial charge in [-0.15, -0.1) is 0 Å². The van der Waals surface area contributed by atoms with Crippen molar-refractivity contribution in [1.82, 2.24) is 24.1 Å². The van der Waals surface area contributed by atoms with Crippen LogP contribution in [0.15, 0.2) is 206 Å². The normalized spacial score (nSPS) is 11.5. The van der Waals surface area contributed by atoms with E-state index in [1.54, 1.807) is 0 Å². The summed E-state index contributed by atoms with van der Waals surface area (Å²) in [5, 5.41) is 17.7. The summed E-state index contributed by atoms with van der Waals surface area (Å²) in [5.74, 6) is 1.49. The molecule has 0 atom stereocenters. The fourth-order valence-electron chi connectivity index (χ4n) is 9.18. The Morgan fingerprint density at radius 1 is 0.387 bits per heavy atom. The lowest BCUT2D eigenvalue weighted by molar-refractivity contribution is 1.07. The molecule has 6 nitrogen and oxygen atoms in total. The van der Waals surface area contributed by atoms with Crippen molar-refractivity contribution in [2.24, 2.45) is 0 Å². The van der Waals surface area contributed by atoms with Crippen LogP contribution in [0.2, 0.25) is 0 Å². The topological polar surface area (TPSA) is 72.3 Å². The number of para-hydroxylation sites is 2. The highest BCUT2D eigenvalue weighted by Crippen LogP contribution is 2.43. The zero-order valence-electron chi connectivity index (χ0n) is 33.3. The first-order valence-corrected chi connectivity index (χ1v) is 20.7. The lowest BCUT2D eigenvalue weighted by Gasteiger charge is -2.14. The molecular formula is C56H34N6. The van der Waals surface area contributed by atoms with E-state index >= 15 is 0 Å². The second-order valence-electron chi connectivity index (χ2n) is 15.5.